The van der Waals surface area contributed by atoms with Crippen molar-refractivity contribution in [3.05, 3.63) is 47.7 Å². The summed E-state index contributed by atoms with van der Waals surface area (Å²) in [7, 11) is 0. The average Bonchev–Trinajstić information content (AvgIpc) is 2.88. The minimum Gasteiger partial charge on any atom is -0.485 e. The fourth-order valence-corrected chi connectivity index (χ4v) is 2.33. The van der Waals surface area contributed by atoms with Crippen molar-refractivity contribution in [1.29, 1.82) is 0 Å². The molecule has 0 fully saturated rings. The van der Waals surface area contributed by atoms with Gasteiger partial charge >= 0.3 is 0 Å². The molecule has 0 aliphatic carbocycles. The number of hydrogen-bond acceptors (Lipinski definition) is 4. The predicted molar refractivity (Wildman–Crippen MR) is 68.3 cm³/mol. The van der Waals surface area contributed by atoms with Gasteiger partial charge in [-0.2, -0.15) is 0 Å². The van der Waals surface area contributed by atoms with Crippen molar-refractivity contribution in [3.63, 3.8) is 0 Å². The summed E-state index contributed by atoms with van der Waals surface area (Å²) in [4.78, 5) is 5.41. The Labute approximate surface area is 102 Å². The van der Waals surface area contributed by atoms with Crippen LogP contribution in [-0.2, 0) is 6.61 Å². The van der Waals surface area contributed by atoms with Gasteiger partial charge in [0, 0.05) is 17.8 Å². The van der Waals surface area contributed by atoms with E-state index in [-0.39, 0.29) is 0 Å². The van der Waals surface area contributed by atoms with Crippen LogP contribution in [-0.4, -0.2) is 9.38 Å². The van der Waals surface area contributed by atoms with E-state index in [1.165, 1.54) is 0 Å². The molecule has 0 bridgehead atoms. The van der Waals surface area contributed by atoms with E-state index in [0.717, 1.165) is 10.7 Å². The van der Waals surface area contributed by atoms with Gasteiger partial charge in [-0.3, -0.25) is 4.40 Å². The first-order valence-electron chi connectivity index (χ1n) is 5.21. The minimum atomic E-state index is 0.433. The second-order valence-corrected chi connectivity index (χ2v) is 4.52. The molecular formula is C12H11N3OS. The molecule has 2 N–H and O–H groups in total. The summed E-state index contributed by atoms with van der Waals surface area (Å²) in [6, 6.07) is 7.46. The van der Waals surface area contributed by atoms with Crippen LogP contribution in [0.25, 0.3) is 4.96 Å². The Morgan fingerprint density at radius 2 is 2.24 bits per heavy atom. The van der Waals surface area contributed by atoms with Crippen molar-refractivity contribution in [2.45, 2.75) is 6.61 Å². The number of benzene rings is 1. The maximum absolute atomic E-state index is 5.79. The second kappa shape index (κ2) is 4.10. The van der Waals surface area contributed by atoms with E-state index in [4.69, 9.17) is 10.5 Å². The Kier molecular flexibility index (Phi) is 2.45. The van der Waals surface area contributed by atoms with Gasteiger partial charge < -0.3 is 10.5 Å². The lowest BCUT2D eigenvalue weighted by Gasteiger charge is -2.06. The monoisotopic (exact) mass is 245 g/mol. The zero-order valence-corrected chi connectivity index (χ0v) is 9.85. The lowest BCUT2D eigenvalue weighted by molar-refractivity contribution is 0.304. The van der Waals surface area contributed by atoms with Crippen LogP contribution in [0.5, 0.6) is 5.75 Å². The molecule has 0 saturated heterocycles. The lowest BCUT2D eigenvalue weighted by atomic mass is 10.3. The van der Waals surface area contributed by atoms with E-state index < -0.39 is 0 Å². The topological polar surface area (TPSA) is 52.5 Å². The van der Waals surface area contributed by atoms with Crippen molar-refractivity contribution in [2.24, 2.45) is 0 Å². The lowest BCUT2D eigenvalue weighted by Crippen LogP contribution is -1.98. The molecule has 0 aliphatic heterocycles. The number of hydrogen-bond donors (Lipinski definition) is 1. The molecule has 86 valence electrons. The number of aromatic nitrogens is 2. The number of fused-ring (bicyclic) bond motifs is 1. The van der Waals surface area contributed by atoms with Crippen LogP contribution in [0.15, 0.2) is 42.0 Å². The standard InChI is InChI=1S/C12H11N3OS/c13-10-3-1-2-4-11(10)16-8-9-7-15-5-6-17-12(15)14-9/h1-7H,8,13H2. The summed E-state index contributed by atoms with van der Waals surface area (Å²) < 4.78 is 7.61. The highest BCUT2D eigenvalue weighted by molar-refractivity contribution is 7.15. The molecule has 0 radical (unpaired) electrons. The second-order valence-electron chi connectivity index (χ2n) is 3.65. The van der Waals surface area contributed by atoms with Gasteiger partial charge in [0.15, 0.2) is 4.96 Å². The molecule has 0 aliphatic rings. The van der Waals surface area contributed by atoms with Gasteiger partial charge in [-0.15, -0.1) is 11.3 Å². The van der Waals surface area contributed by atoms with Gasteiger partial charge in [0.05, 0.1) is 11.4 Å². The fourth-order valence-electron chi connectivity index (χ4n) is 1.61. The first kappa shape index (κ1) is 10.2. The molecule has 3 rings (SSSR count). The number of imidazole rings is 1. The molecule has 3 aromatic rings. The Hall–Kier alpha value is -2.01. The quantitative estimate of drug-likeness (QED) is 0.721. The van der Waals surface area contributed by atoms with Crippen LogP contribution in [0.3, 0.4) is 0 Å². The van der Waals surface area contributed by atoms with E-state index in [1.54, 1.807) is 11.3 Å². The number of nitrogen functional groups attached to an aromatic ring is 1. The molecule has 0 unspecified atom stereocenters. The van der Waals surface area contributed by atoms with E-state index in [0.29, 0.717) is 18.0 Å². The van der Waals surface area contributed by atoms with E-state index in [2.05, 4.69) is 4.98 Å². The van der Waals surface area contributed by atoms with E-state index in [1.807, 2.05) is 46.4 Å². The summed E-state index contributed by atoms with van der Waals surface area (Å²) in [5, 5.41) is 2.00. The smallest absolute Gasteiger partial charge is 0.193 e. The van der Waals surface area contributed by atoms with Crippen molar-refractivity contribution >= 4 is 22.0 Å². The highest BCUT2D eigenvalue weighted by atomic mass is 32.1. The molecule has 1 aromatic carbocycles. The molecule has 0 amide bonds. The number of nitrogens with two attached hydrogens (primary N) is 1. The summed E-state index contributed by atoms with van der Waals surface area (Å²) in [6.07, 6.45) is 3.94. The van der Waals surface area contributed by atoms with Crippen LogP contribution < -0.4 is 10.5 Å². The number of ether oxygens (including phenoxy) is 1. The highest BCUT2D eigenvalue weighted by Gasteiger charge is 2.04. The summed E-state index contributed by atoms with van der Waals surface area (Å²) >= 11 is 1.60. The highest BCUT2D eigenvalue weighted by Crippen LogP contribution is 2.21. The summed E-state index contributed by atoms with van der Waals surface area (Å²) in [5.74, 6) is 0.698. The molecule has 0 saturated carbocycles. The number of anilines is 1. The Morgan fingerprint density at radius 3 is 3.06 bits per heavy atom. The molecule has 4 nitrogen and oxygen atoms in total. The van der Waals surface area contributed by atoms with Crippen molar-refractivity contribution in [2.75, 3.05) is 5.73 Å². The number of nitrogens with zero attached hydrogens (tertiary/aromatic N) is 2. The van der Waals surface area contributed by atoms with Gasteiger partial charge in [0.25, 0.3) is 0 Å². The van der Waals surface area contributed by atoms with Gasteiger partial charge in [0.2, 0.25) is 0 Å². The maximum Gasteiger partial charge on any atom is 0.193 e. The number of para-hydroxylation sites is 2. The normalized spacial score (nSPS) is 10.8. The largest absolute Gasteiger partial charge is 0.485 e. The van der Waals surface area contributed by atoms with Crippen LogP contribution in [0.1, 0.15) is 5.69 Å². The van der Waals surface area contributed by atoms with Crippen molar-refractivity contribution in [1.82, 2.24) is 9.38 Å². The summed E-state index contributed by atoms with van der Waals surface area (Å²) in [6.45, 7) is 0.433. The predicted octanol–water partition coefficient (Wildman–Crippen LogP) is 2.56. The molecule has 0 atom stereocenters. The molecule has 17 heavy (non-hydrogen) atoms. The van der Waals surface area contributed by atoms with Crippen molar-refractivity contribution in [3.8, 4) is 5.75 Å². The SMILES string of the molecule is Nc1ccccc1OCc1cn2ccsc2n1. The third-order valence-electron chi connectivity index (χ3n) is 2.44. The minimum absolute atomic E-state index is 0.433. The van der Waals surface area contributed by atoms with Crippen LogP contribution >= 0.6 is 11.3 Å². The number of thiazole rings is 1. The van der Waals surface area contributed by atoms with Gasteiger partial charge in [0.1, 0.15) is 12.4 Å². The third-order valence-corrected chi connectivity index (χ3v) is 3.21. The van der Waals surface area contributed by atoms with E-state index in [9.17, 15) is 0 Å². The Balaban J connectivity index is 1.76. The van der Waals surface area contributed by atoms with E-state index >= 15 is 0 Å². The van der Waals surface area contributed by atoms with Crippen LogP contribution in [0.4, 0.5) is 5.69 Å². The molecule has 2 heterocycles. The van der Waals surface area contributed by atoms with Gasteiger partial charge in [-0.05, 0) is 12.1 Å². The molecule has 0 spiro atoms. The first-order valence-corrected chi connectivity index (χ1v) is 6.09. The Morgan fingerprint density at radius 1 is 1.35 bits per heavy atom. The maximum atomic E-state index is 5.79. The Bertz CT molecular complexity index is 615. The average molecular weight is 245 g/mol. The summed E-state index contributed by atoms with van der Waals surface area (Å²) in [5.41, 5.74) is 7.34. The molecule has 2 aromatic heterocycles. The molecule has 5 heteroatoms. The van der Waals surface area contributed by atoms with Gasteiger partial charge in [-0.25, -0.2) is 4.98 Å². The molecular weight excluding hydrogens is 234 g/mol. The van der Waals surface area contributed by atoms with Crippen molar-refractivity contribution < 1.29 is 4.74 Å². The fraction of sp³-hybridized carbons (Fsp3) is 0.0833. The third kappa shape index (κ3) is 1.97. The zero-order chi connectivity index (χ0) is 11.7. The van der Waals surface area contributed by atoms with Crippen LogP contribution in [0, 0.1) is 0 Å². The number of rotatable bonds is 3. The first-order chi connectivity index (χ1) is 8.33. The zero-order valence-electron chi connectivity index (χ0n) is 9.04. The van der Waals surface area contributed by atoms with Gasteiger partial charge in [-0.1, -0.05) is 12.1 Å². The van der Waals surface area contributed by atoms with Crippen LogP contribution in [0.2, 0.25) is 0 Å².